The normalized spacial score (nSPS) is 13.9. The highest BCUT2D eigenvalue weighted by Crippen LogP contribution is 2.20. The average Bonchev–Trinajstić information content (AvgIpc) is 2.91. The first-order valence-corrected chi connectivity index (χ1v) is 6.48. The lowest BCUT2D eigenvalue weighted by molar-refractivity contribution is -0.387. The van der Waals surface area contributed by atoms with Gasteiger partial charge in [-0.15, -0.1) is 0 Å². The van der Waals surface area contributed by atoms with Crippen LogP contribution in [-0.4, -0.2) is 17.4 Å². The fraction of sp³-hybridized carbons (Fsp3) is 0.357. The molecule has 2 rings (SSSR count). The van der Waals surface area contributed by atoms with Crippen LogP contribution in [0.2, 0.25) is 0 Å². The molecule has 0 unspecified atom stereocenters. The highest BCUT2D eigenvalue weighted by molar-refractivity contribution is 5.94. The largest absolute Gasteiger partial charge is 0.352 e. The van der Waals surface area contributed by atoms with E-state index in [2.05, 4.69) is 11.4 Å². The molecule has 0 aromatic heterocycles. The maximum Gasteiger partial charge on any atom is 0.304 e. The fourth-order valence-electron chi connectivity index (χ4n) is 2.20. The van der Waals surface area contributed by atoms with Crippen molar-refractivity contribution in [1.29, 1.82) is 0 Å². The van der Waals surface area contributed by atoms with Crippen molar-refractivity contribution in [2.45, 2.75) is 25.7 Å². The molecule has 0 radical (unpaired) electrons. The van der Waals surface area contributed by atoms with Gasteiger partial charge in [-0.3, -0.25) is 14.9 Å². The van der Waals surface area contributed by atoms with E-state index in [-0.39, 0.29) is 5.56 Å². The van der Waals surface area contributed by atoms with Crippen LogP contribution in [0.1, 0.15) is 36.0 Å². The maximum absolute atomic E-state index is 13.4. The molecule has 0 saturated carbocycles. The molecule has 1 aromatic rings. The molecule has 0 bridgehead atoms. The second kappa shape index (κ2) is 6.27. The van der Waals surface area contributed by atoms with E-state index in [1.807, 2.05) is 0 Å². The molecule has 0 heterocycles. The standard InChI is InChI=1S/C14H15FN2O3/c15-12-9-11(5-6-13(12)17(19)20)14(18)16-8-7-10-3-1-2-4-10/h3,5-6,9H,1-2,4,7-8H2,(H,16,18). The number of hydrogen-bond acceptors (Lipinski definition) is 3. The number of benzene rings is 1. The van der Waals surface area contributed by atoms with Gasteiger partial charge in [-0.25, -0.2) is 0 Å². The van der Waals surface area contributed by atoms with Gasteiger partial charge in [0.15, 0.2) is 0 Å². The molecule has 6 heteroatoms. The lowest BCUT2D eigenvalue weighted by Crippen LogP contribution is -2.24. The van der Waals surface area contributed by atoms with Crippen molar-refractivity contribution < 1.29 is 14.1 Å². The molecule has 1 aliphatic rings. The first-order valence-electron chi connectivity index (χ1n) is 6.48. The van der Waals surface area contributed by atoms with E-state index in [0.29, 0.717) is 6.54 Å². The molecule has 5 nitrogen and oxygen atoms in total. The van der Waals surface area contributed by atoms with Crippen LogP contribution in [0.5, 0.6) is 0 Å². The van der Waals surface area contributed by atoms with Gasteiger partial charge in [-0.2, -0.15) is 4.39 Å². The highest BCUT2D eigenvalue weighted by Gasteiger charge is 2.16. The number of nitrogens with one attached hydrogen (secondary N) is 1. The molecule has 1 N–H and O–H groups in total. The summed E-state index contributed by atoms with van der Waals surface area (Å²) in [7, 11) is 0. The summed E-state index contributed by atoms with van der Waals surface area (Å²) in [4.78, 5) is 21.4. The Morgan fingerprint density at radius 3 is 2.85 bits per heavy atom. The Labute approximate surface area is 115 Å². The zero-order valence-electron chi connectivity index (χ0n) is 10.9. The molecule has 0 fully saturated rings. The van der Waals surface area contributed by atoms with E-state index < -0.39 is 22.3 Å². The number of nitro groups is 1. The van der Waals surface area contributed by atoms with Gasteiger partial charge in [-0.05, 0) is 37.8 Å². The number of amides is 1. The van der Waals surface area contributed by atoms with Crippen molar-refractivity contribution in [2.75, 3.05) is 6.54 Å². The summed E-state index contributed by atoms with van der Waals surface area (Å²) >= 11 is 0. The number of carbonyl (C=O) groups excluding carboxylic acids is 1. The monoisotopic (exact) mass is 278 g/mol. The van der Waals surface area contributed by atoms with E-state index in [1.54, 1.807) is 0 Å². The minimum Gasteiger partial charge on any atom is -0.352 e. The SMILES string of the molecule is O=C(NCCC1=CCCC1)c1ccc([N+](=O)[O-])c(F)c1. The van der Waals surface area contributed by atoms with Crippen molar-refractivity contribution in [3.63, 3.8) is 0 Å². The van der Waals surface area contributed by atoms with Crippen LogP contribution in [0, 0.1) is 15.9 Å². The topological polar surface area (TPSA) is 72.2 Å². The third-order valence-electron chi connectivity index (χ3n) is 3.27. The summed E-state index contributed by atoms with van der Waals surface area (Å²) in [6.07, 6.45) is 6.30. The number of hydrogen-bond donors (Lipinski definition) is 1. The molecule has 1 aromatic carbocycles. The molecule has 0 atom stereocenters. The Bertz CT molecular complexity index is 570. The Kier molecular flexibility index (Phi) is 4.45. The van der Waals surface area contributed by atoms with Gasteiger partial charge in [-0.1, -0.05) is 11.6 Å². The molecule has 0 saturated heterocycles. The van der Waals surface area contributed by atoms with Crippen LogP contribution >= 0.6 is 0 Å². The molecule has 0 aliphatic heterocycles. The van der Waals surface area contributed by atoms with Crippen LogP contribution < -0.4 is 5.32 Å². The number of nitro benzene ring substituents is 1. The van der Waals surface area contributed by atoms with Crippen molar-refractivity contribution in [3.05, 3.63) is 51.3 Å². The summed E-state index contributed by atoms with van der Waals surface area (Å²) in [5.74, 6) is -1.42. The predicted molar refractivity (Wildman–Crippen MR) is 71.9 cm³/mol. The van der Waals surface area contributed by atoms with E-state index in [9.17, 15) is 19.3 Å². The van der Waals surface area contributed by atoms with Gasteiger partial charge in [0.2, 0.25) is 5.82 Å². The minimum atomic E-state index is -0.999. The summed E-state index contributed by atoms with van der Waals surface area (Å²) in [5.41, 5.74) is 0.798. The van der Waals surface area contributed by atoms with Crippen molar-refractivity contribution >= 4 is 11.6 Å². The Balaban J connectivity index is 1.92. The van der Waals surface area contributed by atoms with E-state index >= 15 is 0 Å². The summed E-state index contributed by atoms with van der Waals surface area (Å²) in [6, 6.07) is 3.15. The molecule has 106 valence electrons. The van der Waals surface area contributed by atoms with Gasteiger partial charge in [0.05, 0.1) is 4.92 Å². The van der Waals surface area contributed by atoms with Crippen LogP contribution in [-0.2, 0) is 0 Å². The van der Waals surface area contributed by atoms with Crippen molar-refractivity contribution in [1.82, 2.24) is 5.32 Å². The highest BCUT2D eigenvalue weighted by atomic mass is 19.1. The van der Waals surface area contributed by atoms with E-state index in [0.717, 1.165) is 37.8 Å². The summed E-state index contributed by atoms with van der Waals surface area (Å²) in [5, 5.41) is 13.2. The van der Waals surface area contributed by atoms with Crippen LogP contribution in [0.15, 0.2) is 29.8 Å². The third kappa shape index (κ3) is 3.40. The second-order valence-corrected chi connectivity index (χ2v) is 4.68. The van der Waals surface area contributed by atoms with Crippen LogP contribution in [0.3, 0.4) is 0 Å². The number of carbonyl (C=O) groups is 1. The molecule has 20 heavy (non-hydrogen) atoms. The number of allylic oxidation sites excluding steroid dienone is 1. The second-order valence-electron chi connectivity index (χ2n) is 4.68. The van der Waals surface area contributed by atoms with Gasteiger partial charge >= 0.3 is 5.69 Å². The first kappa shape index (κ1) is 14.2. The van der Waals surface area contributed by atoms with Crippen molar-refractivity contribution in [2.24, 2.45) is 0 Å². The molecular formula is C14H15FN2O3. The zero-order chi connectivity index (χ0) is 14.5. The van der Waals surface area contributed by atoms with Gasteiger partial charge in [0.25, 0.3) is 5.91 Å². The molecule has 0 spiro atoms. The maximum atomic E-state index is 13.4. The predicted octanol–water partition coefficient (Wildman–Crippen LogP) is 2.96. The third-order valence-corrected chi connectivity index (χ3v) is 3.27. The zero-order valence-corrected chi connectivity index (χ0v) is 10.9. The van der Waals surface area contributed by atoms with Gasteiger partial charge in [0, 0.05) is 18.2 Å². The molecule has 1 amide bonds. The van der Waals surface area contributed by atoms with Gasteiger partial charge < -0.3 is 5.32 Å². The number of rotatable bonds is 5. The average molecular weight is 278 g/mol. The van der Waals surface area contributed by atoms with Crippen molar-refractivity contribution in [3.8, 4) is 0 Å². The summed E-state index contributed by atoms with van der Waals surface area (Å²) < 4.78 is 13.4. The number of nitrogens with zero attached hydrogens (tertiary/aromatic N) is 1. The van der Waals surface area contributed by atoms with E-state index in [1.165, 1.54) is 11.6 Å². The molecule has 1 aliphatic carbocycles. The lowest BCUT2D eigenvalue weighted by atomic mass is 10.1. The van der Waals surface area contributed by atoms with Crippen LogP contribution in [0.25, 0.3) is 0 Å². The first-order chi connectivity index (χ1) is 9.58. The number of halogens is 1. The molecular weight excluding hydrogens is 263 g/mol. The quantitative estimate of drug-likeness (QED) is 0.511. The van der Waals surface area contributed by atoms with E-state index in [4.69, 9.17) is 0 Å². The fourth-order valence-corrected chi connectivity index (χ4v) is 2.20. The smallest absolute Gasteiger partial charge is 0.304 e. The van der Waals surface area contributed by atoms with Gasteiger partial charge in [0.1, 0.15) is 0 Å². The van der Waals surface area contributed by atoms with Crippen LogP contribution in [0.4, 0.5) is 10.1 Å². The Hall–Kier alpha value is -2.24. The minimum absolute atomic E-state index is 0.0912. The Morgan fingerprint density at radius 1 is 1.45 bits per heavy atom. The Morgan fingerprint density at radius 2 is 2.25 bits per heavy atom. The summed E-state index contributed by atoms with van der Waals surface area (Å²) in [6.45, 7) is 0.489. The lowest BCUT2D eigenvalue weighted by Gasteiger charge is -2.06.